The zero-order valence-electron chi connectivity index (χ0n) is 36.6. The molecule has 1 atom stereocenters. The number of rotatable bonds is 13. The summed E-state index contributed by atoms with van der Waals surface area (Å²) < 4.78 is 47.5. The first-order valence-electron chi connectivity index (χ1n) is 21.9. The van der Waals surface area contributed by atoms with Crippen LogP contribution >= 0.6 is 11.6 Å². The number of nitrogens with one attached hydrogen (secondary N) is 2. The van der Waals surface area contributed by atoms with Crippen LogP contribution in [0.2, 0.25) is 5.02 Å². The maximum atomic E-state index is 14.0. The second-order valence-electron chi connectivity index (χ2n) is 18.0. The van der Waals surface area contributed by atoms with E-state index in [0.29, 0.717) is 44.3 Å². The minimum atomic E-state index is -4.61. The Morgan fingerprint density at radius 3 is 2.60 bits per heavy atom. The number of hydrogen-bond acceptors (Lipinski definition) is 12. The quantitative estimate of drug-likeness (QED) is 0.0857. The van der Waals surface area contributed by atoms with Gasteiger partial charge in [0.1, 0.15) is 29.1 Å². The van der Waals surface area contributed by atoms with Crippen molar-refractivity contribution in [3.63, 3.8) is 0 Å². The first kappa shape index (κ1) is 44.6. The molecular weight excluding hydrogens is 870 g/mol. The molecule has 9 rings (SSSR count). The molecule has 0 saturated carbocycles. The lowest BCUT2D eigenvalue weighted by Crippen LogP contribution is -2.58. The molecule has 5 aromatic rings. The zero-order valence-corrected chi connectivity index (χ0v) is 38.2. The average molecular weight is 923 g/mol. The molecule has 65 heavy (non-hydrogen) atoms. The summed E-state index contributed by atoms with van der Waals surface area (Å²) in [6.45, 7) is 9.95. The highest BCUT2D eigenvalue weighted by molar-refractivity contribution is 7.90. The van der Waals surface area contributed by atoms with Crippen molar-refractivity contribution < 1.29 is 32.3 Å². The molecule has 2 saturated heterocycles. The van der Waals surface area contributed by atoms with Crippen LogP contribution in [0, 0.1) is 15.5 Å². The minimum absolute atomic E-state index is 0.0480. The number of nitro groups is 1. The number of nitro benzene ring substituents is 1. The molecule has 1 unspecified atom stereocenters. The van der Waals surface area contributed by atoms with E-state index in [0.717, 1.165) is 72.9 Å². The molecular formula is C48H52ClN7O8S. The van der Waals surface area contributed by atoms with Crippen LogP contribution in [0.25, 0.3) is 22.2 Å². The zero-order chi connectivity index (χ0) is 45.5. The first-order valence-corrected chi connectivity index (χ1v) is 23.7. The number of likely N-dealkylation sites (N-methyl/N-ethyl adjacent to an activating group) is 1. The predicted octanol–water partition coefficient (Wildman–Crippen LogP) is 8.28. The van der Waals surface area contributed by atoms with E-state index in [-0.39, 0.29) is 28.5 Å². The van der Waals surface area contributed by atoms with Gasteiger partial charge >= 0.3 is 0 Å². The lowest BCUT2D eigenvalue weighted by molar-refractivity contribution is -0.384. The van der Waals surface area contributed by atoms with Gasteiger partial charge in [-0.05, 0) is 102 Å². The van der Waals surface area contributed by atoms with E-state index >= 15 is 0 Å². The second kappa shape index (κ2) is 18.3. The maximum Gasteiger partial charge on any atom is 0.293 e. The number of fused-ring (bicyclic) bond motifs is 1. The molecule has 1 amide bonds. The Morgan fingerprint density at radius 2 is 1.86 bits per heavy atom. The molecule has 2 fully saturated rings. The number of carbonyl (C=O) groups excluding carboxylic acids is 1. The molecule has 0 radical (unpaired) electrons. The van der Waals surface area contributed by atoms with Gasteiger partial charge in [0.2, 0.25) is 0 Å². The topological polar surface area (TPSA) is 172 Å². The third-order valence-corrected chi connectivity index (χ3v) is 14.6. The van der Waals surface area contributed by atoms with Crippen LogP contribution in [-0.2, 0) is 19.5 Å². The van der Waals surface area contributed by atoms with Crippen molar-refractivity contribution in [2.45, 2.75) is 56.7 Å². The van der Waals surface area contributed by atoms with Crippen LogP contribution in [-0.4, -0.2) is 111 Å². The molecule has 2 N–H and O–H groups in total. The summed E-state index contributed by atoms with van der Waals surface area (Å²) in [6.07, 6.45) is 8.88. The number of morpholine rings is 1. The SMILES string of the molecule is CN(c1ccc(S(=O)(=O)NC(=O)c2ccc(C3=CCN(CC4=C(c5ccc(Cl)cc5)CC(C)(C)CC4)CC3)cc2Oc2cnc3[nH]ccc3c2)cc1[N+](=O)[O-])C1CN(C2COC2)CCO1. The van der Waals surface area contributed by atoms with Gasteiger partial charge in [-0.3, -0.25) is 24.7 Å². The number of aromatic nitrogens is 2. The van der Waals surface area contributed by atoms with Gasteiger partial charge in [-0.15, -0.1) is 0 Å². The highest BCUT2D eigenvalue weighted by Gasteiger charge is 2.35. The number of allylic oxidation sites excluding steroid dienone is 1. The van der Waals surface area contributed by atoms with Crippen molar-refractivity contribution in [1.29, 1.82) is 0 Å². The molecule has 0 spiro atoms. The lowest BCUT2D eigenvalue weighted by Gasteiger charge is -2.44. The number of aromatic amines is 1. The van der Waals surface area contributed by atoms with E-state index in [9.17, 15) is 23.3 Å². The Labute approximate surface area is 383 Å². The number of pyridine rings is 1. The highest BCUT2D eigenvalue weighted by atomic mass is 35.5. The van der Waals surface area contributed by atoms with Crippen LogP contribution in [0.15, 0.2) is 102 Å². The maximum absolute atomic E-state index is 14.0. The van der Waals surface area contributed by atoms with Gasteiger partial charge < -0.3 is 24.1 Å². The summed E-state index contributed by atoms with van der Waals surface area (Å²) in [6, 6.07) is 20.7. The molecule has 17 heteroatoms. The van der Waals surface area contributed by atoms with Gasteiger partial charge in [0.25, 0.3) is 21.6 Å². The van der Waals surface area contributed by atoms with Gasteiger partial charge in [-0.2, -0.15) is 0 Å². The molecule has 4 aliphatic rings. The molecule has 3 aliphatic heterocycles. The third kappa shape index (κ3) is 9.83. The number of anilines is 1. The number of H-pyrrole nitrogens is 1. The van der Waals surface area contributed by atoms with Crippen LogP contribution in [0.5, 0.6) is 11.5 Å². The molecule has 5 heterocycles. The molecule has 2 aromatic heterocycles. The Bertz CT molecular complexity index is 2800. The third-order valence-electron chi connectivity index (χ3n) is 13.0. The number of carbonyl (C=O) groups is 1. The molecule has 3 aromatic carbocycles. The molecule has 340 valence electrons. The summed E-state index contributed by atoms with van der Waals surface area (Å²) in [5, 5.41) is 13.9. The van der Waals surface area contributed by atoms with Crippen LogP contribution < -0.4 is 14.4 Å². The van der Waals surface area contributed by atoms with E-state index in [1.807, 2.05) is 18.2 Å². The summed E-state index contributed by atoms with van der Waals surface area (Å²) >= 11 is 6.25. The van der Waals surface area contributed by atoms with E-state index < -0.39 is 37.7 Å². The van der Waals surface area contributed by atoms with Crippen LogP contribution in [0.3, 0.4) is 0 Å². The molecule has 0 bridgehead atoms. The number of ether oxygens (including phenoxy) is 3. The number of halogens is 1. The Balaban J connectivity index is 0.953. The Morgan fingerprint density at radius 1 is 1.06 bits per heavy atom. The van der Waals surface area contributed by atoms with Gasteiger partial charge in [-0.25, -0.2) is 18.1 Å². The second-order valence-corrected chi connectivity index (χ2v) is 20.1. The van der Waals surface area contributed by atoms with E-state index in [1.165, 1.54) is 35.0 Å². The van der Waals surface area contributed by atoms with Crippen molar-refractivity contribution >= 4 is 61.1 Å². The van der Waals surface area contributed by atoms with Gasteiger partial charge in [-0.1, -0.05) is 55.3 Å². The summed E-state index contributed by atoms with van der Waals surface area (Å²) in [5.74, 6) is -0.501. The number of amides is 1. The molecule has 15 nitrogen and oxygen atoms in total. The van der Waals surface area contributed by atoms with Gasteiger partial charge in [0.05, 0.1) is 47.4 Å². The van der Waals surface area contributed by atoms with Crippen molar-refractivity contribution in [2.75, 3.05) is 64.5 Å². The minimum Gasteiger partial charge on any atom is -0.455 e. The Hall–Kier alpha value is -5.62. The summed E-state index contributed by atoms with van der Waals surface area (Å²) in [5.41, 5.74) is 6.53. The average Bonchev–Trinajstić information content (AvgIpc) is 3.74. The van der Waals surface area contributed by atoms with Gasteiger partial charge in [0, 0.05) is 62.4 Å². The first-order chi connectivity index (χ1) is 31.2. The van der Waals surface area contributed by atoms with Crippen LogP contribution in [0.1, 0.15) is 61.0 Å². The predicted molar refractivity (Wildman–Crippen MR) is 250 cm³/mol. The van der Waals surface area contributed by atoms with E-state index in [1.54, 1.807) is 42.4 Å². The monoisotopic (exact) mass is 921 g/mol. The Kier molecular flexibility index (Phi) is 12.6. The number of benzene rings is 3. The van der Waals surface area contributed by atoms with E-state index in [2.05, 4.69) is 56.5 Å². The van der Waals surface area contributed by atoms with Crippen molar-refractivity contribution in [3.8, 4) is 11.5 Å². The standard InChI is InChI=1S/C48H52ClN7O8S/c1-48(2)16-12-35(41(25-48)32-4-7-36(49)8-5-32)27-54-18-14-31(15-19-54)33-6-10-40(44(23-33)64-38-22-34-13-17-50-46(34)51-26-38)47(57)52-65(60,61)39-9-11-42(43(24-39)56(58)59)53(3)45-28-55(20-21-63-45)37-29-62-30-37/h4-11,13-14,17,22-24,26,37,45H,12,15-16,18-21,25,27-30H2,1-3H3,(H,50,51)(H,52,57). The largest absolute Gasteiger partial charge is 0.455 e. The number of nitrogens with zero attached hydrogens (tertiary/aromatic N) is 5. The van der Waals surface area contributed by atoms with E-state index in [4.69, 9.17) is 25.8 Å². The van der Waals surface area contributed by atoms with Gasteiger partial charge in [0.15, 0.2) is 0 Å². The lowest BCUT2D eigenvalue weighted by atomic mass is 9.72. The normalized spacial score (nSPS) is 19.7. The van der Waals surface area contributed by atoms with Crippen molar-refractivity contribution in [3.05, 3.63) is 129 Å². The smallest absolute Gasteiger partial charge is 0.293 e. The fourth-order valence-corrected chi connectivity index (χ4v) is 10.2. The number of hydrogen-bond donors (Lipinski definition) is 2. The fraction of sp³-hybridized carbons (Fsp3) is 0.375. The van der Waals surface area contributed by atoms with Crippen molar-refractivity contribution in [2.24, 2.45) is 5.41 Å². The fourth-order valence-electron chi connectivity index (χ4n) is 9.10. The molecule has 1 aliphatic carbocycles. The highest BCUT2D eigenvalue weighted by Crippen LogP contribution is 2.44. The summed E-state index contributed by atoms with van der Waals surface area (Å²) in [7, 11) is -2.94. The van der Waals surface area contributed by atoms with Crippen molar-refractivity contribution in [1.82, 2.24) is 24.5 Å². The number of sulfonamides is 1. The van der Waals surface area contributed by atoms with Crippen LogP contribution in [0.4, 0.5) is 11.4 Å². The summed E-state index contributed by atoms with van der Waals surface area (Å²) in [4.78, 5) is 39.2.